The largest absolute Gasteiger partial charge is 0.488 e. The summed E-state index contributed by atoms with van der Waals surface area (Å²) in [6.07, 6.45) is 6.78. The van der Waals surface area contributed by atoms with E-state index in [-0.39, 0.29) is 17.9 Å². The predicted molar refractivity (Wildman–Crippen MR) is 127 cm³/mol. The third-order valence-corrected chi connectivity index (χ3v) is 8.24. The maximum atomic E-state index is 13.5. The van der Waals surface area contributed by atoms with E-state index >= 15 is 0 Å². The lowest BCUT2D eigenvalue weighted by Crippen LogP contribution is -2.53. The van der Waals surface area contributed by atoms with Gasteiger partial charge in [0.05, 0.1) is 18.3 Å². The molecule has 180 valence electrons. The first-order valence-electron chi connectivity index (χ1n) is 12.0. The number of carbonyl (C=O) groups excluding carboxylic acids is 3. The zero-order chi connectivity index (χ0) is 23.7. The molecule has 0 radical (unpaired) electrons. The summed E-state index contributed by atoms with van der Waals surface area (Å²) in [6.45, 7) is 2.15. The third-order valence-electron chi connectivity index (χ3n) is 7.47. The SMILES string of the molecule is NC(=O)C1(C(=O)N2CCc3cccc(O[C@H]4CCN(C(=O)c5cncs5)C4)c3C2)CCCCC1. The van der Waals surface area contributed by atoms with Crippen LogP contribution in [0.25, 0.3) is 0 Å². The molecule has 1 aromatic carbocycles. The second kappa shape index (κ2) is 9.37. The Balaban J connectivity index is 1.30. The van der Waals surface area contributed by atoms with Crippen molar-refractivity contribution in [1.82, 2.24) is 14.8 Å². The molecule has 8 nitrogen and oxygen atoms in total. The summed E-state index contributed by atoms with van der Waals surface area (Å²) in [6, 6.07) is 5.99. The standard InChI is InChI=1S/C25H30N4O4S/c26-23(31)25(9-2-1-3-10-25)24(32)29-11-7-17-5-4-6-20(19(17)15-29)33-18-8-12-28(14-18)22(30)21-13-27-16-34-21/h4-6,13,16,18H,1-3,7-12,14-15H2,(H2,26,31)/t18-/m0/s1. The summed E-state index contributed by atoms with van der Waals surface area (Å²) in [5.41, 5.74) is 8.51. The van der Waals surface area contributed by atoms with Gasteiger partial charge in [-0.2, -0.15) is 0 Å². The molecule has 2 aliphatic heterocycles. The fourth-order valence-electron chi connectivity index (χ4n) is 5.52. The first-order chi connectivity index (χ1) is 16.5. The number of carbonyl (C=O) groups is 3. The summed E-state index contributed by atoms with van der Waals surface area (Å²) in [4.78, 5) is 46.8. The van der Waals surface area contributed by atoms with Crippen LogP contribution in [-0.4, -0.2) is 58.2 Å². The van der Waals surface area contributed by atoms with E-state index in [0.717, 1.165) is 42.6 Å². The van der Waals surface area contributed by atoms with E-state index in [1.54, 1.807) is 16.6 Å². The molecule has 1 aromatic heterocycles. The zero-order valence-electron chi connectivity index (χ0n) is 19.2. The van der Waals surface area contributed by atoms with Gasteiger partial charge in [-0.1, -0.05) is 31.4 Å². The highest BCUT2D eigenvalue weighted by atomic mass is 32.1. The number of hydrogen-bond donors (Lipinski definition) is 1. The van der Waals surface area contributed by atoms with Crippen molar-refractivity contribution in [3.8, 4) is 5.75 Å². The van der Waals surface area contributed by atoms with Crippen molar-refractivity contribution in [2.45, 2.75) is 57.6 Å². The van der Waals surface area contributed by atoms with Crippen LogP contribution >= 0.6 is 11.3 Å². The first kappa shape index (κ1) is 22.8. The number of primary amides is 1. The van der Waals surface area contributed by atoms with Crippen molar-refractivity contribution in [2.75, 3.05) is 19.6 Å². The van der Waals surface area contributed by atoms with E-state index in [9.17, 15) is 14.4 Å². The number of hydrogen-bond acceptors (Lipinski definition) is 6. The molecular weight excluding hydrogens is 452 g/mol. The molecule has 34 heavy (non-hydrogen) atoms. The van der Waals surface area contributed by atoms with Gasteiger partial charge in [-0.3, -0.25) is 19.4 Å². The van der Waals surface area contributed by atoms with E-state index in [0.29, 0.717) is 50.3 Å². The molecule has 9 heteroatoms. The van der Waals surface area contributed by atoms with Crippen LogP contribution in [0.2, 0.25) is 0 Å². The van der Waals surface area contributed by atoms with Crippen molar-refractivity contribution in [3.63, 3.8) is 0 Å². The quantitative estimate of drug-likeness (QED) is 0.660. The second-order valence-corrected chi connectivity index (χ2v) is 10.4. The fraction of sp³-hybridized carbons (Fsp3) is 0.520. The lowest BCUT2D eigenvalue weighted by molar-refractivity contribution is -0.152. The highest BCUT2D eigenvalue weighted by Crippen LogP contribution is 2.40. The van der Waals surface area contributed by atoms with Crippen LogP contribution in [0.4, 0.5) is 0 Å². The van der Waals surface area contributed by atoms with Gasteiger partial charge in [0.25, 0.3) is 5.91 Å². The molecule has 2 fully saturated rings. The lowest BCUT2D eigenvalue weighted by atomic mass is 9.72. The first-order valence-corrected chi connectivity index (χ1v) is 12.9. The van der Waals surface area contributed by atoms with Crippen LogP contribution < -0.4 is 10.5 Å². The van der Waals surface area contributed by atoms with E-state index in [1.165, 1.54) is 11.3 Å². The van der Waals surface area contributed by atoms with Gasteiger partial charge in [-0.05, 0) is 30.9 Å². The number of nitrogens with zero attached hydrogens (tertiary/aromatic N) is 3. The molecule has 5 rings (SSSR count). The van der Waals surface area contributed by atoms with Gasteiger partial charge in [0, 0.05) is 31.6 Å². The summed E-state index contributed by atoms with van der Waals surface area (Å²) in [5.74, 6) is 0.111. The van der Waals surface area contributed by atoms with Gasteiger partial charge in [0.15, 0.2) is 0 Å². The maximum Gasteiger partial charge on any atom is 0.265 e. The number of likely N-dealkylation sites (tertiary alicyclic amines) is 1. The molecule has 3 heterocycles. The number of fused-ring (bicyclic) bond motifs is 1. The van der Waals surface area contributed by atoms with Crippen molar-refractivity contribution in [1.29, 1.82) is 0 Å². The average molecular weight is 483 g/mol. The Morgan fingerprint density at radius 3 is 2.68 bits per heavy atom. The highest BCUT2D eigenvalue weighted by Gasteiger charge is 2.47. The average Bonchev–Trinajstić information content (AvgIpc) is 3.56. The van der Waals surface area contributed by atoms with Crippen molar-refractivity contribution >= 4 is 29.1 Å². The molecule has 0 unspecified atom stereocenters. The highest BCUT2D eigenvalue weighted by molar-refractivity contribution is 7.11. The van der Waals surface area contributed by atoms with Crippen LogP contribution in [0.3, 0.4) is 0 Å². The summed E-state index contributed by atoms with van der Waals surface area (Å²) >= 11 is 1.34. The summed E-state index contributed by atoms with van der Waals surface area (Å²) in [7, 11) is 0. The van der Waals surface area contributed by atoms with Crippen molar-refractivity contribution in [3.05, 3.63) is 45.9 Å². The fourth-order valence-corrected chi connectivity index (χ4v) is 6.11. The predicted octanol–water partition coefficient (Wildman–Crippen LogP) is 2.76. The number of amides is 3. The molecule has 1 saturated carbocycles. The molecule has 0 spiro atoms. The minimum atomic E-state index is -1.07. The smallest absolute Gasteiger partial charge is 0.265 e. The molecule has 1 aliphatic carbocycles. The Bertz CT molecular complexity index is 1080. The third kappa shape index (κ3) is 4.17. The van der Waals surface area contributed by atoms with E-state index in [1.807, 2.05) is 17.0 Å². The lowest BCUT2D eigenvalue weighted by Gasteiger charge is -2.39. The number of benzene rings is 1. The molecule has 3 amide bonds. The molecule has 1 atom stereocenters. The molecule has 3 aliphatic rings. The van der Waals surface area contributed by atoms with Gasteiger partial charge in [-0.15, -0.1) is 11.3 Å². The van der Waals surface area contributed by atoms with E-state index < -0.39 is 11.3 Å². The summed E-state index contributed by atoms with van der Waals surface area (Å²) < 4.78 is 6.38. The molecular formula is C25H30N4O4S. The van der Waals surface area contributed by atoms with Crippen LogP contribution in [0.1, 0.15) is 59.3 Å². The van der Waals surface area contributed by atoms with E-state index in [4.69, 9.17) is 10.5 Å². The van der Waals surface area contributed by atoms with Crippen LogP contribution in [0.5, 0.6) is 5.75 Å². The van der Waals surface area contributed by atoms with Crippen LogP contribution in [-0.2, 0) is 22.6 Å². The second-order valence-electron chi connectivity index (χ2n) is 9.52. The minimum absolute atomic E-state index is 0.00954. The number of thiazole rings is 1. The zero-order valence-corrected chi connectivity index (χ0v) is 20.0. The van der Waals surface area contributed by atoms with Crippen molar-refractivity contribution < 1.29 is 19.1 Å². The van der Waals surface area contributed by atoms with Crippen LogP contribution in [0, 0.1) is 5.41 Å². The monoisotopic (exact) mass is 482 g/mol. The Morgan fingerprint density at radius 2 is 1.94 bits per heavy atom. The van der Waals surface area contributed by atoms with Crippen LogP contribution in [0.15, 0.2) is 29.9 Å². The Morgan fingerprint density at radius 1 is 1.12 bits per heavy atom. The Labute approximate surface area is 203 Å². The topological polar surface area (TPSA) is 106 Å². The maximum absolute atomic E-state index is 13.5. The van der Waals surface area contributed by atoms with E-state index in [2.05, 4.69) is 11.1 Å². The van der Waals surface area contributed by atoms with Gasteiger partial charge in [0.2, 0.25) is 11.8 Å². The minimum Gasteiger partial charge on any atom is -0.488 e. The normalized spacial score (nSPS) is 21.7. The van der Waals surface area contributed by atoms with Gasteiger partial charge < -0.3 is 20.3 Å². The Hall–Kier alpha value is -2.94. The van der Waals surface area contributed by atoms with Gasteiger partial charge >= 0.3 is 0 Å². The molecule has 2 aromatic rings. The molecule has 1 saturated heterocycles. The number of nitrogens with two attached hydrogens (primary N) is 1. The number of aromatic nitrogens is 1. The van der Waals surface area contributed by atoms with Gasteiger partial charge in [0.1, 0.15) is 22.1 Å². The molecule has 2 N–H and O–H groups in total. The number of rotatable bonds is 5. The Kier molecular flexibility index (Phi) is 6.29. The summed E-state index contributed by atoms with van der Waals surface area (Å²) in [5, 5.41) is 0. The number of ether oxygens (including phenoxy) is 1. The molecule has 0 bridgehead atoms. The van der Waals surface area contributed by atoms with Crippen molar-refractivity contribution in [2.24, 2.45) is 11.1 Å². The van der Waals surface area contributed by atoms with Gasteiger partial charge in [-0.25, -0.2) is 0 Å².